The minimum Gasteiger partial charge on any atom is -0.360 e. The Kier molecular flexibility index (Phi) is 5.35. The first kappa shape index (κ1) is 15.5. The fraction of sp³-hybridized carbons (Fsp3) is 0.812. The Morgan fingerprint density at radius 2 is 2.10 bits per heavy atom. The summed E-state index contributed by atoms with van der Waals surface area (Å²) in [7, 11) is 0. The van der Waals surface area contributed by atoms with Gasteiger partial charge < -0.3 is 9.42 Å². The maximum atomic E-state index is 5.52. The molecule has 0 atom stereocenters. The second-order valence-electron chi connectivity index (χ2n) is 6.36. The molecule has 1 saturated carbocycles. The second kappa shape index (κ2) is 7.25. The first-order valence-electron chi connectivity index (χ1n) is 8.36. The van der Waals surface area contributed by atoms with Crippen LogP contribution < -0.4 is 0 Å². The smallest absolute Gasteiger partial charge is 0.153 e. The van der Waals surface area contributed by atoms with Gasteiger partial charge in [0.15, 0.2) is 4.60 Å². The summed E-state index contributed by atoms with van der Waals surface area (Å²) in [6, 6.07) is 0. The second-order valence-corrected chi connectivity index (χ2v) is 7.11. The molecule has 0 unspecified atom stereocenters. The maximum Gasteiger partial charge on any atom is 0.153 e. The minimum absolute atomic E-state index is 0.627. The maximum absolute atomic E-state index is 5.52. The van der Waals surface area contributed by atoms with Crippen molar-refractivity contribution >= 4 is 15.9 Å². The number of likely N-dealkylation sites (tertiary alicyclic amines) is 1. The molecule has 21 heavy (non-hydrogen) atoms. The lowest BCUT2D eigenvalue weighted by atomic mass is 10.2. The van der Waals surface area contributed by atoms with E-state index in [2.05, 4.69) is 37.8 Å². The van der Waals surface area contributed by atoms with Gasteiger partial charge in [0.2, 0.25) is 0 Å². The minimum atomic E-state index is 0.627. The van der Waals surface area contributed by atoms with Crippen molar-refractivity contribution < 1.29 is 4.52 Å². The zero-order chi connectivity index (χ0) is 14.7. The monoisotopic (exact) mass is 355 g/mol. The van der Waals surface area contributed by atoms with E-state index >= 15 is 0 Å². The summed E-state index contributed by atoms with van der Waals surface area (Å²) in [6.45, 7) is 9.30. The first-order chi connectivity index (χ1) is 10.3. The molecular weight excluding hydrogens is 330 g/mol. The zero-order valence-electron chi connectivity index (χ0n) is 13.0. The molecule has 0 bridgehead atoms. The van der Waals surface area contributed by atoms with E-state index < -0.39 is 0 Å². The van der Waals surface area contributed by atoms with Gasteiger partial charge in [-0.1, -0.05) is 12.1 Å². The molecule has 1 aromatic heterocycles. The fourth-order valence-electron chi connectivity index (χ4n) is 3.21. The molecule has 2 heterocycles. The quantitative estimate of drug-likeness (QED) is 0.712. The predicted molar refractivity (Wildman–Crippen MR) is 87.4 cm³/mol. The number of aromatic nitrogens is 1. The van der Waals surface area contributed by atoms with Crippen LogP contribution in [0, 0.1) is 0 Å². The van der Waals surface area contributed by atoms with Gasteiger partial charge >= 0.3 is 0 Å². The van der Waals surface area contributed by atoms with Gasteiger partial charge in [0.25, 0.3) is 0 Å². The molecule has 1 aliphatic heterocycles. The molecule has 1 aliphatic carbocycles. The van der Waals surface area contributed by atoms with Gasteiger partial charge in [0.1, 0.15) is 5.76 Å². The molecule has 118 valence electrons. The standard InChI is InChI=1S/C16H26BrN3O/c1-2-19(10-5-11-20-8-3-4-9-20)12-14-15(13-6-7-13)21-18-16(14)17/h13H,2-12H2,1H3. The fourth-order valence-corrected chi connectivity index (χ4v) is 3.60. The average Bonchev–Trinajstić information content (AvgIpc) is 3.08. The summed E-state index contributed by atoms with van der Waals surface area (Å²) in [6.07, 6.45) is 6.55. The molecule has 2 aliphatic rings. The number of hydrogen-bond donors (Lipinski definition) is 0. The Balaban J connectivity index is 1.50. The molecule has 1 saturated heterocycles. The molecule has 0 amide bonds. The number of hydrogen-bond acceptors (Lipinski definition) is 4. The molecule has 0 spiro atoms. The topological polar surface area (TPSA) is 32.5 Å². The van der Waals surface area contributed by atoms with Crippen molar-refractivity contribution in [3.05, 3.63) is 15.9 Å². The van der Waals surface area contributed by atoms with E-state index in [1.807, 2.05) is 0 Å². The van der Waals surface area contributed by atoms with Crippen LogP contribution in [-0.4, -0.2) is 47.7 Å². The van der Waals surface area contributed by atoms with Crippen molar-refractivity contribution in [2.24, 2.45) is 0 Å². The van der Waals surface area contributed by atoms with E-state index in [1.165, 1.54) is 57.3 Å². The molecule has 4 nitrogen and oxygen atoms in total. The van der Waals surface area contributed by atoms with Crippen molar-refractivity contribution in [2.45, 2.75) is 51.5 Å². The summed E-state index contributed by atoms with van der Waals surface area (Å²) < 4.78 is 6.42. The molecule has 0 radical (unpaired) electrons. The third-order valence-corrected chi connectivity index (χ3v) is 5.32. The van der Waals surface area contributed by atoms with E-state index in [1.54, 1.807) is 0 Å². The summed E-state index contributed by atoms with van der Waals surface area (Å²) in [5.41, 5.74) is 1.28. The normalized spacial score (nSPS) is 19.8. The number of nitrogens with zero attached hydrogens (tertiary/aromatic N) is 3. The van der Waals surface area contributed by atoms with Crippen molar-refractivity contribution in [3.63, 3.8) is 0 Å². The molecule has 1 aromatic rings. The third kappa shape index (κ3) is 4.08. The van der Waals surface area contributed by atoms with E-state index in [-0.39, 0.29) is 0 Å². The lowest BCUT2D eigenvalue weighted by Crippen LogP contribution is -2.28. The molecule has 0 aromatic carbocycles. The lowest BCUT2D eigenvalue weighted by molar-refractivity contribution is 0.246. The van der Waals surface area contributed by atoms with Gasteiger partial charge in [-0.3, -0.25) is 4.90 Å². The van der Waals surface area contributed by atoms with Gasteiger partial charge in [0.05, 0.1) is 0 Å². The summed E-state index contributed by atoms with van der Waals surface area (Å²) >= 11 is 3.55. The van der Waals surface area contributed by atoms with Gasteiger partial charge in [-0.25, -0.2) is 0 Å². The van der Waals surface area contributed by atoms with Gasteiger partial charge in [0, 0.05) is 18.0 Å². The van der Waals surface area contributed by atoms with Crippen LogP contribution in [0.1, 0.15) is 56.3 Å². The van der Waals surface area contributed by atoms with Crippen LogP contribution in [-0.2, 0) is 6.54 Å². The van der Waals surface area contributed by atoms with E-state index in [9.17, 15) is 0 Å². The Labute approximate surface area is 136 Å². The van der Waals surface area contributed by atoms with Crippen molar-refractivity contribution in [1.29, 1.82) is 0 Å². The van der Waals surface area contributed by atoms with Crippen molar-refractivity contribution in [2.75, 3.05) is 32.7 Å². The van der Waals surface area contributed by atoms with E-state index in [0.29, 0.717) is 5.92 Å². The summed E-state index contributed by atoms with van der Waals surface area (Å²) in [5, 5.41) is 4.12. The predicted octanol–water partition coefficient (Wildman–Crippen LogP) is 3.62. The molecule has 3 rings (SSSR count). The van der Waals surface area contributed by atoms with Crippen LogP contribution in [0.4, 0.5) is 0 Å². The highest BCUT2D eigenvalue weighted by atomic mass is 79.9. The number of rotatable bonds is 8. The summed E-state index contributed by atoms with van der Waals surface area (Å²) in [4.78, 5) is 5.11. The van der Waals surface area contributed by atoms with Crippen LogP contribution in [0.25, 0.3) is 0 Å². The Morgan fingerprint density at radius 1 is 1.33 bits per heavy atom. The molecule has 0 N–H and O–H groups in total. The van der Waals surface area contributed by atoms with Gasteiger partial charge in [-0.2, -0.15) is 0 Å². The molecule has 5 heteroatoms. The van der Waals surface area contributed by atoms with Crippen LogP contribution in [0.15, 0.2) is 9.13 Å². The van der Waals surface area contributed by atoms with Crippen LogP contribution in [0.2, 0.25) is 0 Å². The Bertz CT molecular complexity index is 452. The number of halogens is 1. The van der Waals surface area contributed by atoms with Crippen molar-refractivity contribution in [1.82, 2.24) is 15.0 Å². The Hall–Kier alpha value is -0.390. The van der Waals surface area contributed by atoms with Gasteiger partial charge in [-0.15, -0.1) is 0 Å². The molecule has 2 fully saturated rings. The highest BCUT2D eigenvalue weighted by molar-refractivity contribution is 9.10. The van der Waals surface area contributed by atoms with E-state index in [4.69, 9.17) is 4.52 Å². The molecular formula is C16H26BrN3O. The van der Waals surface area contributed by atoms with Crippen LogP contribution in [0.5, 0.6) is 0 Å². The highest BCUT2D eigenvalue weighted by Crippen LogP contribution is 2.43. The third-order valence-electron chi connectivity index (χ3n) is 4.70. The Morgan fingerprint density at radius 3 is 2.76 bits per heavy atom. The largest absolute Gasteiger partial charge is 0.360 e. The first-order valence-corrected chi connectivity index (χ1v) is 9.16. The van der Waals surface area contributed by atoms with Crippen molar-refractivity contribution in [3.8, 4) is 0 Å². The average molecular weight is 356 g/mol. The van der Waals surface area contributed by atoms with Gasteiger partial charge in [-0.05, 0) is 80.8 Å². The lowest BCUT2D eigenvalue weighted by Gasteiger charge is -2.22. The highest BCUT2D eigenvalue weighted by Gasteiger charge is 2.32. The van der Waals surface area contributed by atoms with Crippen LogP contribution >= 0.6 is 15.9 Å². The zero-order valence-corrected chi connectivity index (χ0v) is 14.6. The summed E-state index contributed by atoms with van der Waals surface area (Å²) in [5.74, 6) is 1.75. The van der Waals surface area contributed by atoms with E-state index in [0.717, 1.165) is 30.0 Å². The SMILES string of the molecule is CCN(CCCN1CCCC1)Cc1c(Br)noc1C1CC1. The van der Waals surface area contributed by atoms with Crippen LogP contribution in [0.3, 0.4) is 0 Å².